The highest BCUT2D eigenvalue weighted by molar-refractivity contribution is 5.84. The van der Waals surface area contributed by atoms with Gasteiger partial charge in [0.2, 0.25) is 5.91 Å². The van der Waals surface area contributed by atoms with Crippen LogP contribution in [0.25, 0.3) is 0 Å². The van der Waals surface area contributed by atoms with Crippen LogP contribution in [0.2, 0.25) is 0 Å². The van der Waals surface area contributed by atoms with Gasteiger partial charge in [-0.1, -0.05) is 19.8 Å². The Morgan fingerprint density at radius 2 is 2.06 bits per heavy atom. The van der Waals surface area contributed by atoms with E-state index in [4.69, 9.17) is 0 Å². The first-order valence-electron chi connectivity index (χ1n) is 6.94. The molecule has 0 radical (unpaired) electrons. The van der Waals surface area contributed by atoms with Crippen molar-refractivity contribution < 1.29 is 4.79 Å². The van der Waals surface area contributed by atoms with Gasteiger partial charge in [-0.3, -0.25) is 10.1 Å². The summed E-state index contributed by atoms with van der Waals surface area (Å²) in [7, 11) is 2.16. The molecule has 0 bridgehead atoms. The van der Waals surface area contributed by atoms with Gasteiger partial charge in [-0.05, 0) is 39.4 Å². The maximum absolute atomic E-state index is 12.2. The zero-order valence-corrected chi connectivity index (χ0v) is 11.1. The maximum atomic E-state index is 12.2. The first-order chi connectivity index (χ1) is 8.22. The van der Waals surface area contributed by atoms with Gasteiger partial charge in [-0.2, -0.15) is 0 Å². The van der Waals surface area contributed by atoms with E-state index in [0.717, 1.165) is 45.4 Å². The third-order valence-electron chi connectivity index (χ3n) is 4.06. The van der Waals surface area contributed by atoms with Crippen LogP contribution < -0.4 is 5.32 Å². The predicted octanol–water partition coefficient (Wildman–Crippen LogP) is 1.03. The minimum absolute atomic E-state index is 0.0922. The lowest BCUT2D eigenvalue weighted by atomic mass is 10.0. The van der Waals surface area contributed by atoms with Crippen LogP contribution in [0.1, 0.15) is 39.0 Å². The smallest absolute Gasteiger partial charge is 0.241 e. The Morgan fingerprint density at radius 3 is 2.71 bits per heavy atom. The van der Waals surface area contributed by atoms with E-state index in [1.165, 1.54) is 6.42 Å². The summed E-state index contributed by atoms with van der Waals surface area (Å²) in [5.74, 6) is 0.341. The van der Waals surface area contributed by atoms with E-state index in [-0.39, 0.29) is 6.04 Å². The number of hydrogen-bond donors (Lipinski definition) is 1. The van der Waals surface area contributed by atoms with Gasteiger partial charge in [-0.15, -0.1) is 0 Å². The largest absolute Gasteiger partial charge is 0.325 e. The molecule has 2 fully saturated rings. The number of rotatable bonds is 4. The molecule has 0 aromatic carbocycles. The van der Waals surface area contributed by atoms with Crippen LogP contribution in [0.3, 0.4) is 0 Å². The Morgan fingerprint density at radius 1 is 1.35 bits per heavy atom. The van der Waals surface area contributed by atoms with Crippen molar-refractivity contribution in [1.29, 1.82) is 0 Å². The summed E-state index contributed by atoms with van der Waals surface area (Å²) in [4.78, 5) is 16.7. The molecule has 0 aliphatic carbocycles. The molecule has 1 N–H and O–H groups in total. The van der Waals surface area contributed by atoms with E-state index in [1.807, 2.05) is 0 Å². The number of carbonyl (C=O) groups is 1. The summed E-state index contributed by atoms with van der Waals surface area (Å²) in [6.07, 6.45) is 5.57. The summed E-state index contributed by atoms with van der Waals surface area (Å²) in [6.45, 7) is 5.18. The summed E-state index contributed by atoms with van der Waals surface area (Å²) in [5, 5.41) is 3.36. The fourth-order valence-corrected chi connectivity index (χ4v) is 2.82. The van der Waals surface area contributed by atoms with Gasteiger partial charge < -0.3 is 9.80 Å². The van der Waals surface area contributed by atoms with Gasteiger partial charge in [0.15, 0.2) is 0 Å². The normalized spacial score (nSPS) is 28.0. The topological polar surface area (TPSA) is 35.6 Å². The molecule has 2 aliphatic heterocycles. The molecule has 2 aliphatic rings. The number of piperidine rings is 1. The Bertz CT molecular complexity index is 261. The molecule has 0 spiro atoms. The molecule has 1 unspecified atom stereocenters. The number of carbonyl (C=O) groups excluding carboxylic acids is 1. The van der Waals surface area contributed by atoms with Crippen LogP contribution in [-0.2, 0) is 4.79 Å². The average Bonchev–Trinajstić information content (AvgIpc) is 2.69. The molecule has 2 saturated heterocycles. The number of hydrogen-bond acceptors (Lipinski definition) is 3. The molecule has 4 nitrogen and oxygen atoms in total. The second-order valence-corrected chi connectivity index (χ2v) is 5.40. The molecule has 4 heteroatoms. The van der Waals surface area contributed by atoms with Crippen molar-refractivity contribution in [2.24, 2.45) is 0 Å². The molecule has 2 rings (SSSR count). The zero-order chi connectivity index (χ0) is 12.3. The van der Waals surface area contributed by atoms with Gasteiger partial charge in [0.05, 0.1) is 12.7 Å². The van der Waals surface area contributed by atoms with Crippen LogP contribution in [0.4, 0.5) is 0 Å². The van der Waals surface area contributed by atoms with Gasteiger partial charge >= 0.3 is 0 Å². The van der Waals surface area contributed by atoms with Gasteiger partial charge in [0.25, 0.3) is 0 Å². The lowest BCUT2D eigenvalue weighted by molar-refractivity contribution is -0.131. The molecule has 0 saturated carbocycles. The summed E-state index contributed by atoms with van der Waals surface area (Å²) < 4.78 is 0. The molecular formula is C13H25N3O. The fourth-order valence-electron chi connectivity index (χ4n) is 2.82. The average molecular weight is 239 g/mol. The Hall–Kier alpha value is -0.610. The minimum atomic E-state index is 0.0922. The SMILES string of the molecule is CCCCC1NCN(C2CCN(C)CC2)C1=O. The summed E-state index contributed by atoms with van der Waals surface area (Å²) in [6, 6.07) is 0.562. The molecule has 98 valence electrons. The predicted molar refractivity (Wildman–Crippen MR) is 68.7 cm³/mol. The molecule has 1 amide bonds. The van der Waals surface area contributed by atoms with Crippen LogP contribution in [0, 0.1) is 0 Å². The van der Waals surface area contributed by atoms with Crippen molar-refractivity contribution >= 4 is 5.91 Å². The van der Waals surface area contributed by atoms with Crippen molar-refractivity contribution in [2.45, 2.75) is 51.1 Å². The Labute approximate surface area is 104 Å². The third kappa shape index (κ3) is 2.99. The quantitative estimate of drug-likeness (QED) is 0.796. The highest BCUT2D eigenvalue weighted by Gasteiger charge is 2.35. The third-order valence-corrected chi connectivity index (χ3v) is 4.06. The van der Waals surface area contributed by atoms with E-state index in [1.54, 1.807) is 0 Å². The number of unbranched alkanes of at least 4 members (excludes halogenated alkanes) is 1. The second-order valence-electron chi connectivity index (χ2n) is 5.40. The highest BCUT2D eigenvalue weighted by atomic mass is 16.2. The number of amides is 1. The van der Waals surface area contributed by atoms with Crippen molar-refractivity contribution in [3.05, 3.63) is 0 Å². The molecule has 0 aromatic heterocycles. The molecular weight excluding hydrogens is 214 g/mol. The maximum Gasteiger partial charge on any atom is 0.241 e. The zero-order valence-electron chi connectivity index (χ0n) is 11.1. The van der Waals surface area contributed by atoms with E-state index in [9.17, 15) is 4.79 Å². The molecule has 1 atom stereocenters. The first-order valence-corrected chi connectivity index (χ1v) is 6.94. The lowest BCUT2D eigenvalue weighted by Crippen LogP contribution is -2.45. The lowest BCUT2D eigenvalue weighted by Gasteiger charge is -2.34. The van der Waals surface area contributed by atoms with Gasteiger partial charge in [0.1, 0.15) is 0 Å². The monoisotopic (exact) mass is 239 g/mol. The summed E-state index contributed by atoms with van der Waals surface area (Å²) in [5.41, 5.74) is 0. The second kappa shape index (κ2) is 5.83. The van der Waals surface area contributed by atoms with Gasteiger partial charge in [0, 0.05) is 6.04 Å². The number of likely N-dealkylation sites (tertiary alicyclic amines) is 1. The van der Waals surface area contributed by atoms with Crippen molar-refractivity contribution in [3.63, 3.8) is 0 Å². The minimum Gasteiger partial charge on any atom is -0.325 e. The highest BCUT2D eigenvalue weighted by Crippen LogP contribution is 2.20. The summed E-state index contributed by atoms with van der Waals surface area (Å²) >= 11 is 0. The van der Waals surface area contributed by atoms with E-state index in [2.05, 4.69) is 29.1 Å². The van der Waals surface area contributed by atoms with Crippen molar-refractivity contribution in [3.8, 4) is 0 Å². The molecule has 2 heterocycles. The van der Waals surface area contributed by atoms with Crippen LogP contribution >= 0.6 is 0 Å². The van der Waals surface area contributed by atoms with E-state index < -0.39 is 0 Å². The molecule has 17 heavy (non-hydrogen) atoms. The fraction of sp³-hybridized carbons (Fsp3) is 0.923. The molecule has 0 aromatic rings. The van der Waals surface area contributed by atoms with Crippen LogP contribution in [0.5, 0.6) is 0 Å². The van der Waals surface area contributed by atoms with Crippen molar-refractivity contribution in [2.75, 3.05) is 26.8 Å². The van der Waals surface area contributed by atoms with E-state index >= 15 is 0 Å². The number of nitrogens with one attached hydrogen (secondary N) is 1. The number of nitrogens with zero attached hydrogens (tertiary/aromatic N) is 2. The van der Waals surface area contributed by atoms with Crippen molar-refractivity contribution in [1.82, 2.24) is 15.1 Å². The Kier molecular flexibility index (Phi) is 4.40. The first kappa shape index (κ1) is 12.8. The standard InChI is InChI=1S/C13H25N3O/c1-3-4-5-12-13(17)16(10-14-12)11-6-8-15(2)9-7-11/h11-12,14H,3-10H2,1-2H3. The van der Waals surface area contributed by atoms with Crippen LogP contribution in [0.15, 0.2) is 0 Å². The Balaban J connectivity index is 1.84. The van der Waals surface area contributed by atoms with Crippen LogP contribution in [-0.4, -0.2) is 54.6 Å². The van der Waals surface area contributed by atoms with Gasteiger partial charge in [-0.25, -0.2) is 0 Å². The van der Waals surface area contributed by atoms with E-state index in [0.29, 0.717) is 11.9 Å².